The number of carboxylic acid groups (broad SMARTS) is 1. The van der Waals surface area contributed by atoms with Crippen molar-refractivity contribution in [1.29, 1.82) is 0 Å². The van der Waals surface area contributed by atoms with Crippen molar-refractivity contribution in [3.63, 3.8) is 0 Å². The highest BCUT2D eigenvalue weighted by Crippen LogP contribution is 2.28. The third kappa shape index (κ3) is 8.65. The number of ether oxygens (including phenoxy) is 2. The molecule has 1 atom stereocenters. The van der Waals surface area contributed by atoms with Gasteiger partial charge in [0.1, 0.15) is 11.8 Å². The molecule has 0 amide bonds. The quantitative estimate of drug-likeness (QED) is 0.150. The van der Waals surface area contributed by atoms with Crippen LogP contribution in [0.4, 0.5) is 5.69 Å². The molecule has 37 heavy (non-hydrogen) atoms. The van der Waals surface area contributed by atoms with Crippen LogP contribution in [-0.2, 0) is 11.2 Å². The molecule has 0 heterocycles. The number of aliphatic carboxylic acids is 1. The summed E-state index contributed by atoms with van der Waals surface area (Å²) in [6.45, 7) is 2.74. The highest BCUT2D eigenvalue weighted by Gasteiger charge is 2.21. The van der Waals surface area contributed by atoms with Crippen LogP contribution in [0.2, 0.25) is 0 Å². The van der Waals surface area contributed by atoms with Crippen LogP contribution in [0.1, 0.15) is 41.6 Å². The number of hydrogen-bond acceptors (Lipinski definition) is 6. The second kappa shape index (κ2) is 13.5. The van der Waals surface area contributed by atoms with Gasteiger partial charge < -0.3 is 25.2 Å². The SMILES string of the molecule is O=C(Oc1ccccc1NC(CCc1ccc(OCCCNCC2CC2)cc1)C(=O)O)c1ccccc1. The Hall–Kier alpha value is -3.84. The summed E-state index contributed by atoms with van der Waals surface area (Å²) in [6, 6.07) is 22.5. The Morgan fingerprint density at radius 1 is 0.946 bits per heavy atom. The summed E-state index contributed by atoms with van der Waals surface area (Å²) < 4.78 is 11.4. The molecule has 4 rings (SSSR count). The molecule has 7 heteroatoms. The molecule has 1 saturated carbocycles. The fourth-order valence-electron chi connectivity index (χ4n) is 3.93. The smallest absolute Gasteiger partial charge is 0.343 e. The molecule has 1 aliphatic carbocycles. The maximum atomic E-state index is 12.5. The summed E-state index contributed by atoms with van der Waals surface area (Å²) in [7, 11) is 0. The van der Waals surface area contributed by atoms with Crippen molar-refractivity contribution in [1.82, 2.24) is 5.32 Å². The minimum atomic E-state index is -0.973. The third-order valence-electron chi connectivity index (χ3n) is 6.27. The van der Waals surface area contributed by atoms with Gasteiger partial charge in [-0.3, -0.25) is 0 Å². The van der Waals surface area contributed by atoms with Crippen LogP contribution >= 0.6 is 0 Å². The van der Waals surface area contributed by atoms with Gasteiger partial charge in [0.2, 0.25) is 0 Å². The molecule has 0 radical (unpaired) electrons. The number of carboxylic acids is 1. The monoisotopic (exact) mass is 502 g/mol. The molecule has 7 nitrogen and oxygen atoms in total. The fraction of sp³-hybridized carbons (Fsp3) is 0.333. The van der Waals surface area contributed by atoms with Crippen LogP contribution in [0.15, 0.2) is 78.9 Å². The van der Waals surface area contributed by atoms with Gasteiger partial charge in [0.15, 0.2) is 5.75 Å². The number of carbonyl (C=O) groups is 2. The molecule has 0 aliphatic heterocycles. The number of benzene rings is 3. The number of aryl methyl sites for hydroxylation is 1. The van der Waals surface area contributed by atoms with E-state index in [1.54, 1.807) is 48.5 Å². The summed E-state index contributed by atoms with van der Waals surface area (Å²) >= 11 is 0. The molecule has 0 saturated heterocycles. The topological polar surface area (TPSA) is 96.9 Å². The first-order valence-electron chi connectivity index (χ1n) is 12.9. The van der Waals surface area contributed by atoms with Crippen LogP contribution in [-0.4, -0.2) is 42.8 Å². The van der Waals surface area contributed by atoms with E-state index in [1.165, 1.54) is 12.8 Å². The maximum absolute atomic E-state index is 12.5. The molecule has 3 N–H and O–H groups in total. The van der Waals surface area contributed by atoms with Crippen LogP contribution in [0.3, 0.4) is 0 Å². The highest BCUT2D eigenvalue weighted by molar-refractivity contribution is 5.92. The van der Waals surface area contributed by atoms with Crippen LogP contribution in [0.25, 0.3) is 0 Å². The van der Waals surface area contributed by atoms with Crippen LogP contribution in [0.5, 0.6) is 11.5 Å². The number of esters is 1. The lowest BCUT2D eigenvalue weighted by Gasteiger charge is -2.18. The normalized spacial score (nSPS) is 13.5. The van der Waals surface area contributed by atoms with E-state index in [0.717, 1.165) is 36.7 Å². The number of carbonyl (C=O) groups excluding carboxylic acids is 1. The summed E-state index contributed by atoms with van der Waals surface area (Å²) in [5, 5.41) is 16.3. The van der Waals surface area contributed by atoms with E-state index in [2.05, 4.69) is 10.6 Å². The van der Waals surface area contributed by atoms with E-state index >= 15 is 0 Å². The summed E-state index contributed by atoms with van der Waals surface area (Å²) in [5.41, 5.74) is 1.90. The van der Waals surface area contributed by atoms with Gasteiger partial charge in [-0.2, -0.15) is 0 Å². The maximum Gasteiger partial charge on any atom is 0.343 e. The van der Waals surface area contributed by atoms with E-state index in [0.29, 0.717) is 30.7 Å². The Kier molecular flexibility index (Phi) is 9.54. The van der Waals surface area contributed by atoms with E-state index in [1.807, 2.05) is 30.3 Å². The standard InChI is InChI=1S/C30H34N2O5/c33-29(34)27(32-26-9-4-5-10-28(26)37-30(35)24-7-2-1-3-8-24)18-15-22-13-16-25(17-14-22)36-20-6-19-31-21-23-11-12-23/h1-5,7-10,13-14,16-17,23,27,31-32H,6,11-12,15,18-21H2,(H,33,34). The van der Waals surface area contributed by atoms with Gasteiger partial charge in [0, 0.05) is 0 Å². The van der Waals surface area contributed by atoms with E-state index < -0.39 is 18.0 Å². The van der Waals surface area contributed by atoms with Crippen molar-refractivity contribution in [3.05, 3.63) is 90.0 Å². The molecule has 1 unspecified atom stereocenters. The Labute approximate surface area is 217 Å². The average Bonchev–Trinajstić information content (AvgIpc) is 3.75. The van der Waals surface area contributed by atoms with Crippen LogP contribution < -0.4 is 20.1 Å². The minimum Gasteiger partial charge on any atom is -0.494 e. The fourth-order valence-corrected chi connectivity index (χ4v) is 3.93. The van der Waals surface area contributed by atoms with Crippen molar-refractivity contribution in [2.75, 3.05) is 25.0 Å². The predicted molar refractivity (Wildman–Crippen MR) is 143 cm³/mol. The second-order valence-corrected chi connectivity index (χ2v) is 9.32. The zero-order chi connectivity index (χ0) is 25.9. The molecule has 0 spiro atoms. The van der Waals surface area contributed by atoms with Gasteiger partial charge in [0.25, 0.3) is 0 Å². The van der Waals surface area contributed by atoms with E-state index in [-0.39, 0.29) is 5.75 Å². The Balaban J connectivity index is 1.26. The van der Waals surface area contributed by atoms with Crippen molar-refractivity contribution < 1.29 is 24.2 Å². The summed E-state index contributed by atoms with van der Waals surface area (Å²) in [4.78, 5) is 24.5. The van der Waals surface area contributed by atoms with Gasteiger partial charge in [-0.05, 0) is 93.1 Å². The van der Waals surface area contributed by atoms with Gasteiger partial charge >= 0.3 is 11.9 Å². The molecular weight excluding hydrogens is 468 g/mol. The van der Waals surface area contributed by atoms with Gasteiger partial charge in [-0.25, -0.2) is 9.59 Å². The van der Waals surface area contributed by atoms with Gasteiger partial charge in [-0.15, -0.1) is 0 Å². The minimum absolute atomic E-state index is 0.284. The Bertz CT molecular complexity index is 1150. The highest BCUT2D eigenvalue weighted by atomic mass is 16.5. The van der Waals surface area contributed by atoms with Crippen molar-refractivity contribution in [3.8, 4) is 11.5 Å². The predicted octanol–water partition coefficient (Wildman–Crippen LogP) is 5.17. The summed E-state index contributed by atoms with van der Waals surface area (Å²) in [5.74, 6) is 0.508. The molecule has 3 aromatic rings. The summed E-state index contributed by atoms with van der Waals surface area (Å²) in [6.07, 6.45) is 4.61. The Morgan fingerprint density at radius 2 is 1.68 bits per heavy atom. The third-order valence-corrected chi connectivity index (χ3v) is 6.27. The molecule has 194 valence electrons. The lowest BCUT2D eigenvalue weighted by Crippen LogP contribution is -2.30. The average molecular weight is 503 g/mol. The first-order chi connectivity index (χ1) is 18.1. The zero-order valence-corrected chi connectivity index (χ0v) is 20.9. The largest absolute Gasteiger partial charge is 0.494 e. The number of para-hydroxylation sites is 2. The molecule has 0 aromatic heterocycles. The second-order valence-electron chi connectivity index (χ2n) is 9.32. The van der Waals surface area contributed by atoms with Gasteiger partial charge in [0.05, 0.1) is 17.9 Å². The molecular formula is C30H34N2O5. The molecule has 3 aromatic carbocycles. The zero-order valence-electron chi connectivity index (χ0n) is 20.9. The Morgan fingerprint density at radius 3 is 2.41 bits per heavy atom. The molecule has 1 fully saturated rings. The molecule has 1 aliphatic rings. The number of hydrogen-bond donors (Lipinski definition) is 3. The van der Waals surface area contributed by atoms with Crippen molar-refractivity contribution >= 4 is 17.6 Å². The van der Waals surface area contributed by atoms with Gasteiger partial charge in [-0.1, -0.05) is 42.5 Å². The number of anilines is 1. The lowest BCUT2D eigenvalue weighted by molar-refractivity contribution is -0.138. The lowest BCUT2D eigenvalue weighted by atomic mass is 10.0. The van der Waals surface area contributed by atoms with E-state index in [9.17, 15) is 14.7 Å². The van der Waals surface area contributed by atoms with Crippen LogP contribution in [0, 0.1) is 5.92 Å². The number of nitrogens with one attached hydrogen (secondary N) is 2. The van der Waals surface area contributed by atoms with E-state index in [4.69, 9.17) is 9.47 Å². The molecule has 0 bridgehead atoms. The first kappa shape index (κ1) is 26.2. The number of rotatable bonds is 15. The van der Waals surface area contributed by atoms with Crippen molar-refractivity contribution in [2.24, 2.45) is 5.92 Å². The van der Waals surface area contributed by atoms with Crippen molar-refractivity contribution in [2.45, 2.75) is 38.1 Å². The first-order valence-corrected chi connectivity index (χ1v) is 12.9.